The third kappa shape index (κ3) is 4.67. The van der Waals surface area contributed by atoms with Crippen molar-refractivity contribution in [1.82, 2.24) is 25.3 Å². The minimum Gasteiger partial charge on any atom is -0.467 e. The molecule has 0 aliphatic carbocycles. The Labute approximate surface area is 147 Å². The van der Waals surface area contributed by atoms with Crippen molar-refractivity contribution in [3.63, 3.8) is 0 Å². The van der Waals surface area contributed by atoms with Crippen molar-refractivity contribution in [3.8, 4) is 0 Å². The van der Waals surface area contributed by atoms with E-state index in [0.717, 1.165) is 25.3 Å². The predicted octanol–water partition coefficient (Wildman–Crippen LogP) is 1.35. The molecule has 0 aromatic carbocycles. The Hall–Kier alpha value is -2.19. The van der Waals surface area contributed by atoms with E-state index in [-0.39, 0.29) is 11.9 Å². The van der Waals surface area contributed by atoms with Crippen molar-refractivity contribution < 1.29 is 13.7 Å². The first-order chi connectivity index (χ1) is 12.0. The number of nitrogens with zero attached hydrogens (tertiary/aromatic N) is 4. The van der Waals surface area contributed by atoms with E-state index in [9.17, 15) is 4.79 Å². The van der Waals surface area contributed by atoms with Gasteiger partial charge >= 0.3 is 0 Å². The van der Waals surface area contributed by atoms with Gasteiger partial charge in [0.05, 0.1) is 25.4 Å². The standard InChI is InChI=1S/C17H25N5O3/c1-12(15-5-4-8-24-15)18-17(23)11-22-7-6-14(9-22)21(3)10-16-19-13(2)25-20-16/h4-5,8,12,14H,6-7,9-11H2,1-3H3,(H,18,23)/t12-,14+/m0/s1. The molecular weight excluding hydrogens is 322 g/mol. The lowest BCUT2D eigenvalue weighted by atomic mass is 10.2. The van der Waals surface area contributed by atoms with Gasteiger partial charge in [0.2, 0.25) is 11.8 Å². The van der Waals surface area contributed by atoms with E-state index >= 15 is 0 Å². The van der Waals surface area contributed by atoms with E-state index in [0.29, 0.717) is 30.8 Å². The van der Waals surface area contributed by atoms with Gasteiger partial charge in [-0.15, -0.1) is 0 Å². The third-order valence-corrected chi connectivity index (χ3v) is 4.55. The molecule has 0 saturated carbocycles. The summed E-state index contributed by atoms with van der Waals surface area (Å²) < 4.78 is 10.3. The van der Waals surface area contributed by atoms with Gasteiger partial charge in [-0.3, -0.25) is 14.6 Å². The molecule has 0 unspecified atom stereocenters. The fraction of sp³-hybridized carbons (Fsp3) is 0.588. The maximum Gasteiger partial charge on any atom is 0.234 e. The second kappa shape index (κ2) is 7.79. The Bertz CT molecular complexity index is 684. The fourth-order valence-electron chi connectivity index (χ4n) is 3.17. The number of aryl methyl sites for hydroxylation is 1. The zero-order valence-electron chi connectivity index (χ0n) is 14.9. The van der Waals surface area contributed by atoms with Crippen molar-refractivity contribution in [3.05, 3.63) is 35.9 Å². The van der Waals surface area contributed by atoms with E-state index in [1.165, 1.54) is 0 Å². The summed E-state index contributed by atoms with van der Waals surface area (Å²) in [6.07, 6.45) is 2.64. The molecule has 0 spiro atoms. The Kier molecular flexibility index (Phi) is 5.50. The molecule has 8 heteroatoms. The number of nitrogens with one attached hydrogen (secondary N) is 1. The van der Waals surface area contributed by atoms with Crippen molar-refractivity contribution in [1.29, 1.82) is 0 Å². The number of rotatable bonds is 7. The van der Waals surface area contributed by atoms with Crippen LogP contribution in [0.15, 0.2) is 27.3 Å². The average molecular weight is 347 g/mol. The summed E-state index contributed by atoms with van der Waals surface area (Å²) in [5.74, 6) is 2.06. The highest BCUT2D eigenvalue weighted by Gasteiger charge is 2.28. The van der Waals surface area contributed by atoms with Crippen molar-refractivity contribution in [2.75, 3.05) is 26.7 Å². The molecule has 0 radical (unpaired) electrons. The highest BCUT2D eigenvalue weighted by atomic mass is 16.5. The van der Waals surface area contributed by atoms with Crippen LogP contribution in [-0.2, 0) is 11.3 Å². The van der Waals surface area contributed by atoms with E-state index in [1.807, 2.05) is 19.1 Å². The number of likely N-dealkylation sites (N-methyl/N-ethyl adjacent to an activating group) is 1. The summed E-state index contributed by atoms with van der Waals surface area (Å²) in [5, 5.41) is 6.91. The van der Waals surface area contributed by atoms with Crippen molar-refractivity contribution in [2.24, 2.45) is 0 Å². The molecule has 1 aliphatic heterocycles. The van der Waals surface area contributed by atoms with Crippen LogP contribution in [0.3, 0.4) is 0 Å². The Morgan fingerprint density at radius 2 is 2.40 bits per heavy atom. The molecule has 1 saturated heterocycles. The number of hydrogen-bond donors (Lipinski definition) is 1. The second-order valence-corrected chi connectivity index (χ2v) is 6.63. The van der Waals surface area contributed by atoms with Gasteiger partial charge in [0.1, 0.15) is 5.76 Å². The average Bonchev–Trinajstić information content (AvgIpc) is 3.28. The Balaban J connectivity index is 1.43. The summed E-state index contributed by atoms with van der Waals surface area (Å²) in [6.45, 7) is 6.52. The lowest BCUT2D eigenvalue weighted by Crippen LogP contribution is -2.39. The van der Waals surface area contributed by atoms with E-state index in [1.54, 1.807) is 13.2 Å². The van der Waals surface area contributed by atoms with Crippen molar-refractivity contribution >= 4 is 5.91 Å². The number of carbonyl (C=O) groups excluding carboxylic acids is 1. The highest BCUT2D eigenvalue weighted by Crippen LogP contribution is 2.16. The fourth-order valence-corrected chi connectivity index (χ4v) is 3.17. The quantitative estimate of drug-likeness (QED) is 0.809. The molecule has 8 nitrogen and oxygen atoms in total. The lowest BCUT2D eigenvalue weighted by Gasteiger charge is -2.23. The molecule has 3 heterocycles. The zero-order chi connectivity index (χ0) is 17.8. The summed E-state index contributed by atoms with van der Waals surface area (Å²) >= 11 is 0. The van der Waals surface area contributed by atoms with Gasteiger partial charge in [-0.25, -0.2) is 0 Å². The smallest absolute Gasteiger partial charge is 0.234 e. The van der Waals surface area contributed by atoms with Crippen LogP contribution in [0.4, 0.5) is 0 Å². The summed E-state index contributed by atoms with van der Waals surface area (Å²) in [5.41, 5.74) is 0. The molecule has 1 aliphatic rings. The van der Waals surface area contributed by atoms with Crippen LogP contribution in [0.1, 0.15) is 36.9 Å². The largest absolute Gasteiger partial charge is 0.467 e. The number of hydrogen-bond acceptors (Lipinski definition) is 7. The molecule has 2 atom stereocenters. The van der Waals surface area contributed by atoms with E-state index in [2.05, 4.69) is 32.3 Å². The maximum atomic E-state index is 12.2. The molecule has 2 aromatic heterocycles. The molecule has 1 amide bonds. The molecule has 2 aromatic rings. The number of aromatic nitrogens is 2. The molecule has 136 valence electrons. The maximum absolute atomic E-state index is 12.2. The lowest BCUT2D eigenvalue weighted by molar-refractivity contribution is -0.122. The Morgan fingerprint density at radius 3 is 3.08 bits per heavy atom. The molecule has 3 rings (SSSR count). The Morgan fingerprint density at radius 1 is 1.56 bits per heavy atom. The van der Waals surface area contributed by atoms with Crippen LogP contribution < -0.4 is 5.32 Å². The van der Waals surface area contributed by atoms with Crippen LogP contribution in [0.2, 0.25) is 0 Å². The predicted molar refractivity (Wildman–Crippen MR) is 90.6 cm³/mol. The van der Waals surface area contributed by atoms with Gasteiger partial charge < -0.3 is 14.3 Å². The minimum atomic E-state index is -0.120. The molecule has 1 fully saturated rings. The SMILES string of the molecule is Cc1nc(CN(C)[C@@H]2CCN(CC(=O)N[C@@H](C)c3ccco3)C2)no1. The first kappa shape index (κ1) is 17.6. The van der Waals surface area contributed by atoms with Crippen LogP contribution in [0, 0.1) is 6.92 Å². The summed E-state index contributed by atoms with van der Waals surface area (Å²) in [7, 11) is 2.05. The highest BCUT2D eigenvalue weighted by molar-refractivity contribution is 5.78. The van der Waals surface area contributed by atoms with E-state index < -0.39 is 0 Å². The molecule has 0 bridgehead atoms. The van der Waals surface area contributed by atoms with Crippen LogP contribution in [-0.4, -0.2) is 58.6 Å². The number of furan rings is 1. The van der Waals surface area contributed by atoms with E-state index in [4.69, 9.17) is 8.94 Å². The first-order valence-corrected chi connectivity index (χ1v) is 8.56. The molecule has 1 N–H and O–H groups in total. The number of amides is 1. The summed E-state index contributed by atoms with van der Waals surface area (Å²) in [6, 6.07) is 3.95. The van der Waals surface area contributed by atoms with Gasteiger partial charge in [-0.1, -0.05) is 5.16 Å². The second-order valence-electron chi connectivity index (χ2n) is 6.63. The molecule has 25 heavy (non-hydrogen) atoms. The zero-order valence-corrected chi connectivity index (χ0v) is 14.9. The topological polar surface area (TPSA) is 87.6 Å². The normalized spacial score (nSPS) is 19.4. The van der Waals surface area contributed by atoms with Gasteiger partial charge in [0.25, 0.3) is 0 Å². The van der Waals surface area contributed by atoms with Gasteiger partial charge in [0, 0.05) is 26.1 Å². The number of carbonyl (C=O) groups is 1. The van der Waals surface area contributed by atoms with Gasteiger partial charge in [-0.05, 0) is 32.5 Å². The number of likely N-dealkylation sites (tertiary alicyclic amines) is 1. The van der Waals surface area contributed by atoms with Gasteiger partial charge in [0.15, 0.2) is 5.82 Å². The van der Waals surface area contributed by atoms with Crippen LogP contribution in [0.5, 0.6) is 0 Å². The van der Waals surface area contributed by atoms with Gasteiger partial charge in [-0.2, -0.15) is 4.98 Å². The summed E-state index contributed by atoms with van der Waals surface area (Å²) in [4.78, 5) is 20.9. The third-order valence-electron chi connectivity index (χ3n) is 4.55. The monoisotopic (exact) mass is 347 g/mol. The minimum absolute atomic E-state index is 0.0148. The van der Waals surface area contributed by atoms with Crippen LogP contribution >= 0.6 is 0 Å². The molecular formula is C17H25N5O3. The first-order valence-electron chi connectivity index (χ1n) is 8.56. The van der Waals surface area contributed by atoms with Crippen molar-refractivity contribution in [2.45, 2.75) is 38.9 Å². The van der Waals surface area contributed by atoms with Crippen LogP contribution in [0.25, 0.3) is 0 Å².